The van der Waals surface area contributed by atoms with Crippen LogP contribution >= 0.6 is 23.2 Å². The van der Waals surface area contributed by atoms with Gasteiger partial charge in [0.1, 0.15) is 5.82 Å². The highest BCUT2D eigenvalue weighted by atomic mass is 35.5. The number of hydrogen-bond acceptors (Lipinski definition) is 4. The van der Waals surface area contributed by atoms with Gasteiger partial charge in [0.2, 0.25) is 0 Å². The van der Waals surface area contributed by atoms with E-state index in [-0.39, 0.29) is 11.7 Å². The Balaban J connectivity index is 1.90. The number of anilines is 1. The van der Waals surface area contributed by atoms with Gasteiger partial charge in [-0.1, -0.05) is 29.3 Å². The molecule has 1 unspecified atom stereocenters. The third-order valence-corrected chi connectivity index (χ3v) is 3.63. The smallest absolute Gasteiger partial charge is 0.362 e. The molecule has 108 valence electrons. The first-order valence-corrected chi connectivity index (χ1v) is 6.96. The van der Waals surface area contributed by atoms with Gasteiger partial charge in [0.15, 0.2) is 5.65 Å². The molecule has 0 aliphatic rings. The molecule has 3 aromatic rings. The number of halogens is 2. The van der Waals surface area contributed by atoms with Crippen LogP contribution in [0.4, 0.5) is 5.82 Å². The van der Waals surface area contributed by atoms with Crippen LogP contribution in [0.2, 0.25) is 10.0 Å². The van der Waals surface area contributed by atoms with Crippen molar-refractivity contribution in [2.24, 2.45) is 0 Å². The summed E-state index contributed by atoms with van der Waals surface area (Å²) in [6.07, 6.45) is 0. The van der Waals surface area contributed by atoms with Crippen molar-refractivity contribution in [2.75, 3.05) is 5.32 Å². The van der Waals surface area contributed by atoms with Crippen LogP contribution in [0.15, 0.2) is 35.1 Å². The topological polar surface area (TPSA) is 75.1 Å². The van der Waals surface area contributed by atoms with Crippen molar-refractivity contribution in [3.05, 3.63) is 56.4 Å². The maximum absolute atomic E-state index is 11.5. The van der Waals surface area contributed by atoms with Gasteiger partial charge in [0, 0.05) is 10.0 Å². The Morgan fingerprint density at radius 3 is 2.86 bits per heavy atom. The van der Waals surface area contributed by atoms with Gasteiger partial charge in [-0.25, -0.2) is 9.89 Å². The predicted molar refractivity (Wildman–Crippen MR) is 82.1 cm³/mol. The Morgan fingerprint density at radius 2 is 2.10 bits per heavy atom. The van der Waals surface area contributed by atoms with E-state index in [1.54, 1.807) is 24.3 Å². The van der Waals surface area contributed by atoms with E-state index in [0.717, 1.165) is 5.56 Å². The molecule has 2 N–H and O–H groups in total. The van der Waals surface area contributed by atoms with Gasteiger partial charge < -0.3 is 5.32 Å². The molecule has 0 amide bonds. The van der Waals surface area contributed by atoms with E-state index >= 15 is 0 Å². The fraction of sp³-hybridized carbons (Fsp3) is 0.154. The summed E-state index contributed by atoms with van der Waals surface area (Å²) >= 11 is 12.1. The maximum Gasteiger partial charge on any atom is 0.364 e. The van der Waals surface area contributed by atoms with Crippen LogP contribution in [0.1, 0.15) is 18.5 Å². The highest BCUT2D eigenvalue weighted by Crippen LogP contribution is 2.27. The SMILES string of the molecule is CC(Nc1ccc2n[nH]c(=O)n2n1)c1ccc(Cl)cc1Cl. The van der Waals surface area contributed by atoms with Crippen molar-refractivity contribution in [3.8, 4) is 0 Å². The molecule has 2 heterocycles. The van der Waals surface area contributed by atoms with E-state index < -0.39 is 0 Å². The zero-order chi connectivity index (χ0) is 15.0. The van der Waals surface area contributed by atoms with Crippen LogP contribution in [0.3, 0.4) is 0 Å². The lowest BCUT2D eigenvalue weighted by molar-refractivity contribution is 0.830. The van der Waals surface area contributed by atoms with Gasteiger partial charge in [0.25, 0.3) is 0 Å². The van der Waals surface area contributed by atoms with Crippen LogP contribution in [0.25, 0.3) is 5.65 Å². The molecule has 0 spiro atoms. The van der Waals surface area contributed by atoms with Crippen LogP contribution in [-0.2, 0) is 0 Å². The third kappa shape index (κ3) is 2.72. The number of hydrogen-bond donors (Lipinski definition) is 2. The normalized spacial score (nSPS) is 12.5. The van der Waals surface area contributed by atoms with Crippen LogP contribution in [0.5, 0.6) is 0 Å². The molecule has 3 rings (SSSR count). The number of H-pyrrole nitrogens is 1. The fourth-order valence-corrected chi connectivity index (χ4v) is 2.60. The quantitative estimate of drug-likeness (QED) is 0.777. The van der Waals surface area contributed by atoms with Crippen molar-refractivity contribution in [3.63, 3.8) is 0 Å². The van der Waals surface area contributed by atoms with Gasteiger partial charge >= 0.3 is 5.69 Å². The number of benzene rings is 1. The molecule has 6 nitrogen and oxygen atoms in total. The number of aromatic nitrogens is 4. The highest BCUT2D eigenvalue weighted by Gasteiger charge is 2.11. The molecular formula is C13H11Cl2N5O. The first kappa shape index (κ1) is 13.9. The molecule has 0 saturated heterocycles. The third-order valence-electron chi connectivity index (χ3n) is 3.07. The Labute approximate surface area is 129 Å². The Kier molecular flexibility index (Phi) is 3.57. The largest absolute Gasteiger partial charge is 0.364 e. The summed E-state index contributed by atoms with van der Waals surface area (Å²) in [6, 6.07) is 8.67. The van der Waals surface area contributed by atoms with Gasteiger partial charge in [-0.05, 0) is 36.8 Å². The fourth-order valence-electron chi connectivity index (χ4n) is 2.03. The summed E-state index contributed by atoms with van der Waals surface area (Å²) in [7, 11) is 0. The molecule has 0 bridgehead atoms. The van der Waals surface area contributed by atoms with Crippen molar-refractivity contribution in [1.82, 2.24) is 19.8 Å². The van der Waals surface area contributed by atoms with Crippen LogP contribution < -0.4 is 11.0 Å². The lowest BCUT2D eigenvalue weighted by Crippen LogP contribution is -2.15. The molecule has 0 aliphatic carbocycles. The number of aromatic amines is 1. The molecule has 0 saturated carbocycles. The van der Waals surface area contributed by atoms with Crippen LogP contribution in [0, 0.1) is 0 Å². The number of fused-ring (bicyclic) bond motifs is 1. The zero-order valence-electron chi connectivity index (χ0n) is 11.0. The second-order valence-corrected chi connectivity index (χ2v) is 5.39. The minimum Gasteiger partial charge on any atom is -0.362 e. The lowest BCUT2D eigenvalue weighted by atomic mass is 10.1. The molecule has 21 heavy (non-hydrogen) atoms. The Morgan fingerprint density at radius 1 is 1.29 bits per heavy atom. The summed E-state index contributed by atoms with van der Waals surface area (Å²) in [6.45, 7) is 1.94. The average molecular weight is 324 g/mol. The van der Waals surface area contributed by atoms with Crippen molar-refractivity contribution in [1.29, 1.82) is 0 Å². The molecular weight excluding hydrogens is 313 g/mol. The Hall–Kier alpha value is -2.05. The van der Waals surface area contributed by atoms with Crippen molar-refractivity contribution in [2.45, 2.75) is 13.0 Å². The van der Waals surface area contributed by atoms with E-state index in [9.17, 15) is 4.79 Å². The van der Waals surface area contributed by atoms with Gasteiger partial charge in [-0.2, -0.15) is 9.61 Å². The van der Waals surface area contributed by atoms with E-state index in [1.807, 2.05) is 13.0 Å². The molecule has 0 fully saturated rings. The van der Waals surface area contributed by atoms with Gasteiger partial charge in [-0.3, -0.25) is 0 Å². The highest BCUT2D eigenvalue weighted by molar-refractivity contribution is 6.35. The first-order valence-electron chi connectivity index (χ1n) is 6.20. The van der Waals surface area contributed by atoms with E-state index in [1.165, 1.54) is 4.52 Å². The molecule has 8 heteroatoms. The summed E-state index contributed by atoms with van der Waals surface area (Å²) in [5, 5.41) is 14.7. The summed E-state index contributed by atoms with van der Waals surface area (Å²) < 4.78 is 1.19. The monoisotopic (exact) mass is 323 g/mol. The summed E-state index contributed by atoms with van der Waals surface area (Å²) in [4.78, 5) is 11.5. The Bertz CT molecular complexity index is 857. The maximum atomic E-state index is 11.5. The van der Waals surface area contributed by atoms with Gasteiger partial charge in [-0.15, -0.1) is 5.10 Å². The van der Waals surface area contributed by atoms with E-state index in [2.05, 4.69) is 20.6 Å². The summed E-state index contributed by atoms with van der Waals surface area (Å²) in [5.41, 5.74) is 0.969. The van der Waals surface area contributed by atoms with Crippen LogP contribution in [-0.4, -0.2) is 19.8 Å². The minimum absolute atomic E-state index is 0.0951. The zero-order valence-corrected chi connectivity index (χ0v) is 12.5. The predicted octanol–water partition coefficient (Wildman–Crippen LogP) is 2.90. The molecule has 2 aromatic heterocycles. The van der Waals surface area contributed by atoms with E-state index in [0.29, 0.717) is 21.5 Å². The minimum atomic E-state index is -0.383. The van der Waals surface area contributed by atoms with Crippen molar-refractivity contribution >= 4 is 34.7 Å². The molecule has 0 radical (unpaired) electrons. The lowest BCUT2D eigenvalue weighted by Gasteiger charge is -2.16. The number of rotatable bonds is 3. The van der Waals surface area contributed by atoms with Gasteiger partial charge in [0.05, 0.1) is 6.04 Å². The average Bonchev–Trinajstić information content (AvgIpc) is 2.80. The molecule has 0 aliphatic heterocycles. The van der Waals surface area contributed by atoms with E-state index in [4.69, 9.17) is 23.2 Å². The number of nitrogens with zero attached hydrogens (tertiary/aromatic N) is 3. The second kappa shape index (κ2) is 5.38. The molecule has 1 aromatic carbocycles. The summed E-state index contributed by atoms with van der Waals surface area (Å²) in [5.74, 6) is 0.546. The second-order valence-electron chi connectivity index (χ2n) is 4.55. The standard InChI is InChI=1S/C13H11Cl2N5O/c1-7(9-3-2-8(14)6-10(9)15)16-11-4-5-12-17-18-13(21)20(12)19-11/h2-7H,1H3,(H,16,19)(H,18,21). The number of nitrogens with one attached hydrogen (secondary N) is 2. The first-order chi connectivity index (χ1) is 10.0. The molecule has 1 atom stereocenters. The van der Waals surface area contributed by atoms with Crippen molar-refractivity contribution < 1.29 is 0 Å².